The van der Waals surface area contributed by atoms with E-state index >= 15 is 0 Å². The Balaban J connectivity index is 1.39. The number of benzene rings is 1. The summed E-state index contributed by atoms with van der Waals surface area (Å²) in [7, 11) is 0. The van der Waals surface area contributed by atoms with Gasteiger partial charge in [-0.25, -0.2) is 15.0 Å². The SMILES string of the molecule is c1ccc(CCNc2ncnc3c2CCN(Cc2cnc[nH]2)CC3)cc1. The summed E-state index contributed by atoms with van der Waals surface area (Å²) in [5.74, 6) is 0.995. The number of hydrogen-bond acceptors (Lipinski definition) is 5. The van der Waals surface area contributed by atoms with E-state index in [0.29, 0.717) is 0 Å². The molecule has 134 valence electrons. The third-order valence-corrected chi connectivity index (χ3v) is 4.88. The molecule has 0 bridgehead atoms. The van der Waals surface area contributed by atoms with Gasteiger partial charge in [0.1, 0.15) is 12.1 Å². The standard InChI is InChI=1S/C20H24N6/c1-2-4-16(5-3-1)6-9-22-20-18-7-10-26(13-17-12-21-14-23-17)11-8-19(18)24-15-25-20/h1-5,12,14-15H,6-11,13H2,(H,21,23)(H,22,24,25). The van der Waals surface area contributed by atoms with Crippen molar-refractivity contribution in [3.63, 3.8) is 0 Å². The van der Waals surface area contributed by atoms with Crippen LogP contribution >= 0.6 is 0 Å². The van der Waals surface area contributed by atoms with Crippen molar-refractivity contribution in [1.29, 1.82) is 0 Å². The van der Waals surface area contributed by atoms with Gasteiger partial charge in [-0.15, -0.1) is 0 Å². The topological polar surface area (TPSA) is 69.7 Å². The lowest BCUT2D eigenvalue weighted by atomic mass is 10.1. The summed E-state index contributed by atoms with van der Waals surface area (Å²) in [6.07, 6.45) is 8.24. The summed E-state index contributed by atoms with van der Waals surface area (Å²) >= 11 is 0. The predicted octanol–water partition coefficient (Wildman–Crippen LogP) is 2.46. The Bertz CT molecular complexity index is 816. The molecule has 26 heavy (non-hydrogen) atoms. The van der Waals surface area contributed by atoms with E-state index < -0.39 is 0 Å². The van der Waals surface area contributed by atoms with Crippen LogP contribution in [0.4, 0.5) is 5.82 Å². The lowest BCUT2D eigenvalue weighted by Gasteiger charge is -2.18. The number of aromatic amines is 1. The molecule has 0 amide bonds. The lowest BCUT2D eigenvalue weighted by molar-refractivity contribution is 0.276. The third-order valence-electron chi connectivity index (χ3n) is 4.88. The van der Waals surface area contributed by atoms with Crippen molar-refractivity contribution in [2.24, 2.45) is 0 Å². The minimum absolute atomic E-state index is 0.880. The van der Waals surface area contributed by atoms with Gasteiger partial charge in [-0.1, -0.05) is 30.3 Å². The largest absolute Gasteiger partial charge is 0.369 e. The van der Waals surface area contributed by atoms with Gasteiger partial charge in [-0.2, -0.15) is 0 Å². The molecule has 0 saturated heterocycles. The molecule has 0 unspecified atom stereocenters. The highest BCUT2D eigenvalue weighted by Crippen LogP contribution is 2.21. The minimum atomic E-state index is 0.880. The maximum absolute atomic E-state index is 4.54. The number of hydrogen-bond donors (Lipinski definition) is 2. The zero-order valence-corrected chi connectivity index (χ0v) is 14.9. The van der Waals surface area contributed by atoms with Gasteiger partial charge in [-0.05, 0) is 18.4 Å². The molecule has 3 aromatic rings. The van der Waals surface area contributed by atoms with E-state index in [2.05, 4.69) is 60.5 Å². The summed E-state index contributed by atoms with van der Waals surface area (Å²) in [4.78, 5) is 18.8. The summed E-state index contributed by atoms with van der Waals surface area (Å²) < 4.78 is 0. The quantitative estimate of drug-likeness (QED) is 0.716. The van der Waals surface area contributed by atoms with Crippen LogP contribution in [-0.4, -0.2) is 44.5 Å². The first kappa shape index (κ1) is 16.7. The molecule has 2 aromatic heterocycles. The van der Waals surface area contributed by atoms with Crippen LogP contribution < -0.4 is 5.32 Å². The van der Waals surface area contributed by atoms with Crippen molar-refractivity contribution in [1.82, 2.24) is 24.8 Å². The predicted molar refractivity (Wildman–Crippen MR) is 102 cm³/mol. The van der Waals surface area contributed by atoms with Crippen molar-refractivity contribution in [3.8, 4) is 0 Å². The molecule has 0 aliphatic carbocycles. The fourth-order valence-electron chi connectivity index (χ4n) is 3.47. The van der Waals surface area contributed by atoms with E-state index in [4.69, 9.17) is 0 Å². The maximum atomic E-state index is 4.54. The van der Waals surface area contributed by atoms with Crippen LogP contribution in [0.25, 0.3) is 0 Å². The number of anilines is 1. The van der Waals surface area contributed by atoms with Gasteiger partial charge >= 0.3 is 0 Å². The molecular weight excluding hydrogens is 324 g/mol. The average Bonchev–Trinajstić information content (AvgIpc) is 3.10. The Labute approximate surface area is 153 Å². The van der Waals surface area contributed by atoms with Crippen molar-refractivity contribution in [3.05, 3.63) is 71.7 Å². The molecule has 0 spiro atoms. The first-order valence-corrected chi connectivity index (χ1v) is 9.18. The number of fused-ring (bicyclic) bond motifs is 1. The summed E-state index contributed by atoms with van der Waals surface area (Å²) in [6.45, 7) is 3.79. The van der Waals surface area contributed by atoms with Crippen LogP contribution in [-0.2, 0) is 25.8 Å². The smallest absolute Gasteiger partial charge is 0.132 e. The molecule has 1 aliphatic heterocycles. The maximum Gasteiger partial charge on any atom is 0.132 e. The highest BCUT2D eigenvalue weighted by atomic mass is 15.1. The van der Waals surface area contributed by atoms with Crippen molar-refractivity contribution in [2.75, 3.05) is 25.0 Å². The van der Waals surface area contributed by atoms with Gasteiger partial charge in [0.15, 0.2) is 0 Å². The highest BCUT2D eigenvalue weighted by molar-refractivity contribution is 5.47. The molecular formula is C20H24N6. The Morgan fingerprint density at radius 1 is 1.08 bits per heavy atom. The van der Waals surface area contributed by atoms with E-state index in [1.54, 1.807) is 12.7 Å². The zero-order chi connectivity index (χ0) is 17.6. The molecule has 0 atom stereocenters. The molecule has 6 nitrogen and oxygen atoms in total. The molecule has 4 rings (SSSR count). The number of nitrogens with one attached hydrogen (secondary N) is 2. The number of imidazole rings is 1. The molecule has 0 saturated carbocycles. The van der Waals surface area contributed by atoms with E-state index in [9.17, 15) is 0 Å². The van der Waals surface area contributed by atoms with Gasteiger partial charge < -0.3 is 10.3 Å². The zero-order valence-electron chi connectivity index (χ0n) is 14.9. The number of aromatic nitrogens is 4. The highest BCUT2D eigenvalue weighted by Gasteiger charge is 2.18. The van der Waals surface area contributed by atoms with Crippen molar-refractivity contribution in [2.45, 2.75) is 25.8 Å². The Morgan fingerprint density at radius 2 is 1.96 bits per heavy atom. The van der Waals surface area contributed by atoms with Gasteiger partial charge in [0.05, 0.1) is 12.0 Å². The van der Waals surface area contributed by atoms with Crippen molar-refractivity contribution < 1.29 is 0 Å². The molecule has 0 fully saturated rings. The minimum Gasteiger partial charge on any atom is -0.369 e. The monoisotopic (exact) mass is 348 g/mol. The van der Waals surface area contributed by atoms with E-state index in [1.807, 2.05) is 6.20 Å². The Morgan fingerprint density at radius 3 is 2.81 bits per heavy atom. The van der Waals surface area contributed by atoms with E-state index in [1.165, 1.54) is 16.8 Å². The van der Waals surface area contributed by atoms with Crippen LogP contribution in [0.1, 0.15) is 22.5 Å². The molecule has 6 heteroatoms. The summed E-state index contributed by atoms with van der Waals surface area (Å²) in [5.41, 5.74) is 4.94. The second-order valence-corrected chi connectivity index (χ2v) is 6.66. The first-order valence-electron chi connectivity index (χ1n) is 9.18. The third kappa shape index (κ3) is 4.08. The number of rotatable bonds is 6. The molecule has 1 aliphatic rings. The van der Waals surface area contributed by atoms with Crippen LogP contribution in [0.3, 0.4) is 0 Å². The normalized spacial score (nSPS) is 14.6. The van der Waals surface area contributed by atoms with Crippen molar-refractivity contribution >= 4 is 5.82 Å². The number of nitrogens with zero attached hydrogens (tertiary/aromatic N) is 4. The van der Waals surface area contributed by atoms with Crippen LogP contribution in [0, 0.1) is 0 Å². The first-order chi connectivity index (χ1) is 12.9. The Kier molecular flexibility index (Phi) is 5.21. The van der Waals surface area contributed by atoms with Gasteiger partial charge in [0.25, 0.3) is 0 Å². The fraction of sp³-hybridized carbons (Fsp3) is 0.350. The second-order valence-electron chi connectivity index (χ2n) is 6.66. The second kappa shape index (κ2) is 8.10. The number of H-pyrrole nitrogens is 1. The molecule has 3 heterocycles. The van der Waals surface area contributed by atoms with Crippen LogP contribution in [0.15, 0.2) is 49.2 Å². The van der Waals surface area contributed by atoms with Gasteiger partial charge in [-0.3, -0.25) is 4.90 Å². The lowest BCUT2D eigenvalue weighted by Crippen LogP contribution is -2.26. The molecule has 0 radical (unpaired) electrons. The van der Waals surface area contributed by atoms with Crippen LogP contribution in [0.2, 0.25) is 0 Å². The molecule has 2 N–H and O–H groups in total. The fourth-order valence-corrected chi connectivity index (χ4v) is 3.47. The van der Waals surface area contributed by atoms with Gasteiger partial charge in [0.2, 0.25) is 0 Å². The summed E-state index contributed by atoms with van der Waals surface area (Å²) in [5, 5.41) is 3.52. The molecule has 1 aromatic carbocycles. The Hall–Kier alpha value is -2.73. The van der Waals surface area contributed by atoms with E-state index in [-0.39, 0.29) is 0 Å². The van der Waals surface area contributed by atoms with Gasteiger partial charge in [0, 0.05) is 50.1 Å². The average molecular weight is 348 g/mol. The van der Waals surface area contributed by atoms with Crippen LogP contribution in [0.5, 0.6) is 0 Å². The van der Waals surface area contributed by atoms with E-state index in [0.717, 1.165) is 57.0 Å². The summed E-state index contributed by atoms with van der Waals surface area (Å²) in [6, 6.07) is 10.5.